The number of hydrogen-bond acceptors (Lipinski definition) is 2. The fourth-order valence-electron chi connectivity index (χ4n) is 4.88. The molecule has 1 atom stereocenters. The Bertz CT molecular complexity index is 710. The molecule has 0 aromatic heterocycles. The van der Waals surface area contributed by atoms with Gasteiger partial charge in [-0.05, 0) is 86.5 Å². The molecule has 0 amide bonds. The van der Waals surface area contributed by atoms with Crippen molar-refractivity contribution in [1.29, 1.82) is 0 Å². The third-order valence-corrected chi connectivity index (χ3v) is 7.39. The molecule has 0 fully saturated rings. The number of allylic oxidation sites excluding steroid dienone is 4. The first kappa shape index (κ1) is 29.3. The standard InChI is InChI=1S/C31H52O2/c1-9-13-17-28(10-2)31(11-3,12-4)22-20-27-24-29(32-8)18-19-30(27)33-23-21-26(7)16-14-15-25(5)6/h9,13,17-19,24-26H,10-12,14-16,20-23H2,1-8H3/b13-9-,28-17+. The Morgan fingerprint density at radius 2 is 1.76 bits per heavy atom. The van der Waals surface area contributed by atoms with Gasteiger partial charge >= 0.3 is 0 Å². The Kier molecular flexibility index (Phi) is 14.2. The number of hydrogen-bond donors (Lipinski definition) is 0. The first-order valence-corrected chi connectivity index (χ1v) is 13.5. The summed E-state index contributed by atoms with van der Waals surface area (Å²) in [6.45, 7) is 16.8. The maximum absolute atomic E-state index is 6.34. The molecule has 1 aromatic carbocycles. The van der Waals surface area contributed by atoms with Crippen molar-refractivity contribution >= 4 is 0 Å². The Morgan fingerprint density at radius 3 is 2.33 bits per heavy atom. The lowest BCUT2D eigenvalue weighted by atomic mass is 9.70. The summed E-state index contributed by atoms with van der Waals surface area (Å²) in [5.74, 6) is 3.46. The lowest BCUT2D eigenvalue weighted by molar-refractivity contribution is 0.267. The lowest BCUT2D eigenvalue weighted by Crippen LogP contribution is -2.23. The quantitative estimate of drug-likeness (QED) is 0.217. The average molecular weight is 457 g/mol. The molecule has 0 heterocycles. The highest BCUT2D eigenvalue weighted by molar-refractivity contribution is 5.40. The molecule has 1 unspecified atom stereocenters. The van der Waals surface area contributed by atoms with E-state index in [0.29, 0.717) is 5.92 Å². The minimum absolute atomic E-state index is 0.236. The highest BCUT2D eigenvalue weighted by atomic mass is 16.5. The second-order valence-electron chi connectivity index (χ2n) is 10.1. The van der Waals surface area contributed by atoms with Crippen molar-refractivity contribution in [3.8, 4) is 11.5 Å². The van der Waals surface area contributed by atoms with Crippen LogP contribution >= 0.6 is 0 Å². The van der Waals surface area contributed by atoms with Crippen LogP contribution in [0.5, 0.6) is 11.5 Å². The van der Waals surface area contributed by atoms with E-state index in [1.807, 2.05) is 6.07 Å². The molecule has 2 nitrogen and oxygen atoms in total. The predicted octanol–water partition coefficient (Wildman–Crippen LogP) is 9.58. The molecule has 0 N–H and O–H groups in total. The number of methoxy groups -OCH3 is 1. The van der Waals surface area contributed by atoms with Gasteiger partial charge in [0.2, 0.25) is 0 Å². The predicted molar refractivity (Wildman–Crippen MR) is 145 cm³/mol. The Morgan fingerprint density at radius 1 is 1.03 bits per heavy atom. The van der Waals surface area contributed by atoms with E-state index in [-0.39, 0.29) is 5.41 Å². The van der Waals surface area contributed by atoms with E-state index in [2.05, 4.69) is 78.8 Å². The largest absolute Gasteiger partial charge is 0.497 e. The number of ether oxygens (including phenoxy) is 2. The Hall–Kier alpha value is -1.70. The van der Waals surface area contributed by atoms with Crippen molar-refractivity contribution in [2.75, 3.05) is 13.7 Å². The normalized spacial score (nSPS) is 13.7. The van der Waals surface area contributed by atoms with Gasteiger partial charge in [-0.1, -0.05) is 84.6 Å². The fraction of sp³-hybridized carbons (Fsp3) is 0.677. The third-order valence-electron chi connectivity index (χ3n) is 7.39. The summed E-state index contributed by atoms with van der Waals surface area (Å²) in [6.07, 6.45) is 17.3. The van der Waals surface area contributed by atoms with Gasteiger partial charge in [0, 0.05) is 0 Å². The topological polar surface area (TPSA) is 18.5 Å². The van der Waals surface area contributed by atoms with Gasteiger partial charge in [-0.2, -0.15) is 0 Å². The highest BCUT2D eigenvalue weighted by Crippen LogP contribution is 2.42. The summed E-state index contributed by atoms with van der Waals surface area (Å²) in [5, 5.41) is 0. The molecule has 188 valence electrons. The molecule has 0 aliphatic rings. The van der Waals surface area contributed by atoms with Crippen LogP contribution in [-0.2, 0) is 6.42 Å². The SMILES string of the molecule is C/C=C\C=C(/CC)C(CC)(CC)CCc1cc(OC)ccc1OCCC(C)CCCC(C)C. The van der Waals surface area contributed by atoms with E-state index < -0.39 is 0 Å². The zero-order chi connectivity index (χ0) is 24.7. The first-order valence-electron chi connectivity index (χ1n) is 13.5. The van der Waals surface area contributed by atoms with Crippen LogP contribution in [0.3, 0.4) is 0 Å². The fourth-order valence-corrected chi connectivity index (χ4v) is 4.88. The molecule has 1 rings (SSSR count). The molecule has 0 aliphatic heterocycles. The van der Waals surface area contributed by atoms with E-state index in [0.717, 1.165) is 62.5 Å². The zero-order valence-corrected chi connectivity index (χ0v) is 23.0. The van der Waals surface area contributed by atoms with Gasteiger partial charge < -0.3 is 9.47 Å². The van der Waals surface area contributed by atoms with Crippen molar-refractivity contribution in [1.82, 2.24) is 0 Å². The van der Waals surface area contributed by atoms with Crippen LogP contribution in [0.4, 0.5) is 0 Å². The van der Waals surface area contributed by atoms with Crippen LogP contribution in [-0.4, -0.2) is 13.7 Å². The lowest BCUT2D eigenvalue weighted by Gasteiger charge is -2.35. The molecular weight excluding hydrogens is 404 g/mol. The average Bonchev–Trinajstić information content (AvgIpc) is 2.81. The minimum Gasteiger partial charge on any atom is -0.497 e. The molecule has 1 aromatic rings. The molecule has 0 spiro atoms. The molecule has 2 heteroatoms. The van der Waals surface area contributed by atoms with E-state index in [4.69, 9.17) is 9.47 Å². The Labute approximate surface area is 205 Å². The van der Waals surface area contributed by atoms with Crippen LogP contribution in [0, 0.1) is 17.3 Å². The van der Waals surface area contributed by atoms with Gasteiger partial charge in [-0.3, -0.25) is 0 Å². The van der Waals surface area contributed by atoms with Crippen LogP contribution < -0.4 is 9.47 Å². The highest BCUT2D eigenvalue weighted by Gasteiger charge is 2.29. The van der Waals surface area contributed by atoms with Gasteiger partial charge in [-0.25, -0.2) is 0 Å². The number of aryl methyl sites for hydroxylation is 1. The first-order chi connectivity index (χ1) is 15.8. The maximum Gasteiger partial charge on any atom is 0.122 e. The summed E-state index contributed by atoms with van der Waals surface area (Å²) in [6, 6.07) is 6.31. The van der Waals surface area contributed by atoms with Crippen LogP contribution in [0.25, 0.3) is 0 Å². The number of rotatable bonds is 17. The van der Waals surface area contributed by atoms with Crippen molar-refractivity contribution in [3.63, 3.8) is 0 Å². The summed E-state index contributed by atoms with van der Waals surface area (Å²) >= 11 is 0. The second-order valence-corrected chi connectivity index (χ2v) is 10.1. The van der Waals surface area contributed by atoms with E-state index in [1.165, 1.54) is 24.8 Å². The minimum atomic E-state index is 0.236. The summed E-state index contributed by atoms with van der Waals surface area (Å²) in [5.41, 5.74) is 3.07. The number of benzene rings is 1. The second kappa shape index (κ2) is 16.0. The van der Waals surface area contributed by atoms with Gasteiger partial charge in [0.05, 0.1) is 13.7 Å². The van der Waals surface area contributed by atoms with Gasteiger partial charge in [0.25, 0.3) is 0 Å². The molecule has 0 bridgehead atoms. The molecule has 0 saturated carbocycles. The van der Waals surface area contributed by atoms with Gasteiger partial charge in [0.15, 0.2) is 0 Å². The van der Waals surface area contributed by atoms with Gasteiger partial charge in [0.1, 0.15) is 11.5 Å². The summed E-state index contributed by atoms with van der Waals surface area (Å²) in [7, 11) is 1.75. The van der Waals surface area contributed by atoms with Crippen LogP contribution in [0.15, 0.2) is 42.0 Å². The summed E-state index contributed by atoms with van der Waals surface area (Å²) in [4.78, 5) is 0. The Balaban J connectivity index is 2.90. The molecule has 0 radical (unpaired) electrons. The van der Waals surface area contributed by atoms with Crippen molar-refractivity contribution in [2.45, 2.75) is 106 Å². The third kappa shape index (κ3) is 9.98. The monoisotopic (exact) mass is 456 g/mol. The molecule has 0 aliphatic carbocycles. The van der Waals surface area contributed by atoms with Crippen LogP contribution in [0.1, 0.15) is 105 Å². The van der Waals surface area contributed by atoms with E-state index in [9.17, 15) is 0 Å². The molecule has 33 heavy (non-hydrogen) atoms. The van der Waals surface area contributed by atoms with E-state index in [1.54, 1.807) is 12.7 Å². The van der Waals surface area contributed by atoms with E-state index >= 15 is 0 Å². The molecular formula is C31H52O2. The van der Waals surface area contributed by atoms with Crippen molar-refractivity contribution in [3.05, 3.63) is 47.6 Å². The smallest absolute Gasteiger partial charge is 0.122 e. The van der Waals surface area contributed by atoms with Crippen molar-refractivity contribution in [2.24, 2.45) is 17.3 Å². The maximum atomic E-state index is 6.34. The molecule has 0 saturated heterocycles. The zero-order valence-electron chi connectivity index (χ0n) is 23.0. The summed E-state index contributed by atoms with van der Waals surface area (Å²) < 4.78 is 11.9. The van der Waals surface area contributed by atoms with Crippen LogP contribution in [0.2, 0.25) is 0 Å². The van der Waals surface area contributed by atoms with Gasteiger partial charge in [-0.15, -0.1) is 0 Å². The van der Waals surface area contributed by atoms with Crippen molar-refractivity contribution < 1.29 is 9.47 Å².